The predicted molar refractivity (Wildman–Crippen MR) is 112 cm³/mol. The van der Waals surface area contributed by atoms with Crippen LogP contribution < -0.4 is 11.1 Å². The number of nitrogens with two attached hydrogens (primary N) is 1. The molecule has 4 N–H and O–H groups in total. The van der Waals surface area contributed by atoms with Gasteiger partial charge in [-0.05, 0) is 30.2 Å². The van der Waals surface area contributed by atoms with Crippen molar-refractivity contribution in [2.45, 2.75) is 25.1 Å². The number of aromatic nitrogens is 4. The maximum atomic E-state index is 10.1. The first-order valence-electron chi connectivity index (χ1n) is 9.90. The zero-order chi connectivity index (χ0) is 20.5. The van der Waals surface area contributed by atoms with Crippen molar-refractivity contribution in [3.63, 3.8) is 0 Å². The topological polar surface area (TPSA) is 118 Å². The number of benzene rings is 1. The number of aliphatic hydroxyl groups excluding tert-OH is 1. The van der Waals surface area contributed by atoms with Crippen molar-refractivity contribution in [1.29, 1.82) is 0 Å². The normalized spacial score (nSPS) is 19.9. The molecule has 2 atom stereocenters. The molecule has 1 saturated heterocycles. The summed E-state index contributed by atoms with van der Waals surface area (Å²) in [5.41, 5.74) is 9.75. The number of hydrogen-bond acceptors (Lipinski definition) is 8. The molecule has 0 aliphatic carbocycles. The average molecular weight is 405 g/mol. The van der Waals surface area contributed by atoms with Gasteiger partial charge in [0.15, 0.2) is 18.0 Å². The minimum Gasteiger partial charge on any atom is -0.444 e. The Balaban J connectivity index is 1.43. The first-order chi connectivity index (χ1) is 14.7. The number of aliphatic hydroxyl groups is 1. The van der Waals surface area contributed by atoms with Gasteiger partial charge >= 0.3 is 0 Å². The van der Waals surface area contributed by atoms with E-state index in [9.17, 15) is 5.11 Å². The molecule has 9 nitrogen and oxygen atoms in total. The third-order valence-electron chi connectivity index (χ3n) is 5.49. The van der Waals surface area contributed by atoms with Crippen LogP contribution in [0.4, 0.5) is 11.5 Å². The van der Waals surface area contributed by atoms with Gasteiger partial charge in [0.05, 0.1) is 12.3 Å². The zero-order valence-electron chi connectivity index (χ0n) is 16.3. The first kappa shape index (κ1) is 18.7. The minimum absolute atomic E-state index is 0.149. The maximum absolute atomic E-state index is 10.1. The molecule has 4 heterocycles. The van der Waals surface area contributed by atoms with Crippen molar-refractivity contribution < 1.29 is 9.52 Å². The summed E-state index contributed by atoms with van der Waals surface area (Å²) in [6.07, 6.45) is 6.84. The van der Waals surface area contributed by atoms with E-state index in [1.54, 1.807) is 6.20 Å². The van der Waals surface area contributed by atoms with E-state index in [4.69, 9.17) is 10.2 Å². The maximum Gasteiger partial charge on any atom is 0.181 e. The summed E-state index contributed by atoms with van der Waals surface area (Å²) in [7, 11) is 0. The van der Waals surface area contributed by atoms with E-state index in [1.807, 2.05) is 41.0 Å². The Morgan fingerprint density at radius 3 is 3.07 bits per heavy atom. The summed E-state index contributed by atoms with van der Waals surface area (Å²) in [6, 6.07) is 9.78. The predicted octanol–water partition coefficient (Wildman–Crippen LogP) is 2.02. The van der Waals surface area contributed by atoms with E-state index >= 15 is 0 Å². The van der Waals surface area contributed by atoms with Crippen molar-refractivity contribution in [2.24, 2.45) is 5.73 Å². The van der Waals surface area contributed by atoms with E-state index < -0.39 is 6.10 Å². The number of piperidine rings is 1. The second-order valence-corrected chi connectivity index (χ2v) is 7.57. The molecule has 9 heteroatoms. The van der Waals surface area contributed by atoms with Gasteiger partial charge in [-0.25, -0.2) is 14.5 Å². The van der Waals surface area contributed by atoms with Gasteiger partial charge in [0.25, 0.3) is 0 Å². The van der Waals surface area contributed by atoms with Crippen LogP contribution in [0.25, 0.3) is 16.8 Å². The van der Waals surface area contributed by atoms with Gasteiger partial charge in [-0.3, -0.25) is 4.90 Å². The van der Waals surface area contributed by atoms with Gasteiger partial charge in [-0.1, -0.05) is 12.1 Å². The Bertz CT molecular complexity index is 1140. The highest BCUT2D eigenvalue weighted by Crippen LogP contribution is 2.27. The summed E-state index contributed by atoms with van der Waals surface area (Å²) in [5, 5.41) is 17.9. The van der Waals surface area contributed by atoms with Crippen molar-refractivity contribution in [2.75, 3.05) is 18.4 Å². The van der Waals surface area contributed by atoms with Gasteiger partial charge in [0, 0.05) is 43.1 Å². The lowest BCUT2D eigenvalue weighted by atomic mass is 10.0. The zero-order valence-corrected chi connectivity index (χ0v) is 16.3. The number of fused-ring (bicyclic) bond motifs is 1. The summed E-state index contributed by atoms with van der Waals surface area (Å²) in [6.45, 7) is 2.11. The number of likely N-dealkylation sites (tertiary alicyclic amines) is 1. The number of anilines is 2. The molecule has 0 radical (unpaired) electrons. The number of hydrogen-bond donors (Lipinski definition) is 3. The lowest BCUT2D eigenvalue weighted by Crippen LogP contribution is -2.50. The third-order valence-corrected chi connectivity index (χ3v) is 5.49. The van der Waals surface area contributed by atoms with E-state index in [0.29, 0.717) is 24.7 Å². The van der Waals surface area contributed by atoms with Crippen LogP contribution in [0.5, 0.6) is 0 Å². The highest BCUT2D eigenvalue weighted by atomic mass is 16.3. The molecule has 1 aliphatic heterocycles. The van der Waals surface area contributed by atoms with E-state index in [-0.39, 0.29) is 6.04 Å². The Morgan fingerprint density at radius 1 is 1.30 bits per heavy atom. The molecular formula is C21H23N7O2. The Labute approximate surface area is 173 Å². The third kappa shape index (κ3) is 3.65. The molecule has 154 valence electrons. The molecule has 0 spiro atoms. The van der Waals surface area contributed by atoms with Gasteiger partial charge in [-0.2, -0.15) is 5.10 Å². The molecule has 0 unspecified atom stereocenters. The second-order valence-electron chi connectivity index (χ2n) is 7.57. The Morgan fingerprint density at radius 2 is 2.23 bits per heavy atom. The van der Waals surface area contributed by atoms with Gasteiger partial charge in [0.1, 0.15) is 11.8 Å². The lowest BCUT2D eigenvalue weighted by Gasteiger charge is -2.33. The minimum atomic E-state index is -0.500. The molecular weight excluding hydrogens is 382 g/mol. The number of β-amino-alcohol motifs (C(OH)–C–C–N with tert-alkyl or cyclic N) is 1. The van der Waals surface area contributed by atoms with Gasteiger partial charge in [0.2, 0.25) is 0 Å². The lowest BCUT2D eigenvalue weighted by molar-refractivity contribution is 0.0501. The standard InChI is InChI=1S/C21H23N7O2/c22-17-5-6-27(11-18(17)29)10-15-4-7-28-20(15)21(24-12-25-28)26-16-3-1-2-14(8-16)19-9-23-13-30-19/h1-4,7-9,12-13,17-18,29H,5-6,10-11,22H2,(H,24,25,26)/t17-,18-/m1/s1. The van der Waals surface area contributed by atoms with E-state index in [0.717, 1.165) is 35.3 Å². The molecule has 30 heavy (non-hydrogen) atoms. The van der Waals surface area contributed by atoms with Crippen molar-refractivity contribution >= 4 is 17.0 Å². The summed E-state index contributed by atoms with van der Waals surface area (Å²) < 4.78 is 7.22. The van der Waals surface area contributed by atoms with Crippen molar-refractivity contribution in [1.82, 2.24) is 24.5 Å². The fourth-order valence-corrected chi connectivity index (χ4v) is 3.88. The first-order valence-corrected chi connectivity index (χ1v) is 9.90. The molecule has 1 aromatic carbocycles. The van der Waals surface area contributed by atoms with Crippen LogP contribution in [0, 0.1) is 0 Å². The molecule has 0 saturated carbocycles. The highest BCUT2D eigenvalue weighted by Gasteiger charge is 2.25. The monoisotopic (exact) mass is 405 g/mol. The fraction of sp³-hybridized carbons (Fsp3) is 0.286. The van der Waals surface area contributed by atoms with Crippen LogP contribution in [0.2, 0.25) is 0 Å². The second kappa shape index (κ2) is 7.86. The number of rotatable bonds is 5. The molecule has 5 rings (SSSR count). The molecule has 4 aromatic rings. The largest absolute Gasteiger partial charge is 0.444 e. The molecule has 1 aliphatic rings. The highest BCUT2D eigenvalue weighted by molar-refractivity contribution is 5.77. The van der Waals surface area contributed by atoms with Gasteiger partial charge in [-0.15, -0.1) is 0 Å². The molecule has 0 amide bonds. The van der Waals surface area contributed by atoms with Crippen LogP contribution in [0.3, 0.4) is 0 Å². The summed E-state index contributed by atoms with van der Waals surface area (Å²) >= 11 is 0. The van der Waals surface area contributed by atoms with Crippen LogP contribution in [0.1, 0.15) is 12.0 Å². The molecule has 1 fully saturated rings. The molecule has 0 bridgehead atoms. The Kier molecular flexibility index (Phi) is 4.91. The van der Waals surface area contributed by atoms with Gasteiger partial charge < -0.3 is 20.6 Å². The Hall–Kier alpha value is -3.27. The smallest absolute Gasteiger partial charge is 0.181 e. The van der Waals surface area contributed by atoms with Crippen LogP contribution in [-0.4, -0.2) is 54.8 Å². The summed E-state index contributed by atoms with van der Waals surface area (Å²) in [5.74, 6) is 1.42. The summed E-state index contributed by atoms with van der Waals surface area (Å²) in [4.78, 5) is 10.7. The van der Waals surface area contributed by atoms with Crippen molar-refractivity contribution in [3.8, 4) is 11.3 Å². The SMILES string of the molecule is N[C@@H]1CCN(Cc2ccn3ncnc(Nc4cccc(-c5cnco5)c4)c23)C[C@H]1O. The number of nitrogens with zero attached hydrogens (tertiary/aromatic N) is 5. The van der Waals surface area contributed by atoms with Crippen LogP contribution in [0.15, 0.2) is 59.9 Å². The number of oxazole rings is 1. The van der Waals surface area contributed by atoms with E-state index in [2.05, 4.69) is 25.3 Å². The quantitative estimate of drug-likeness (QED) is 0.462. The van der Waals surface area contributed by atoms with E-state index in [1.165, 1.54) is 12.7 Å². The van der Waals surface area contributed by atoms with Crippen LogP contribution in [-0.2, 0) is 6.54 Å². The fourth-order valence-electron chi connectivity index (χ4n) is 3.88. The number of nitrogens with one attached hydrogen (secondary N) is 1. The average Bonchev–Trinajstić information content (AvgIpc) is 3.42. The molecule has 3 aromatic heterocycles. The van der Waals surface area contributed by atoms with Crippen molar-refractivity contribution in [3.05, 3.63) is 61.0 Å². The van der Waals surface area contributed by atoms with Crippen LogP contribution >= 0.6 is 0 Å².